The van der Waals surface area contributed by atoms with E-state index < -0.39 is 11.7 Å². The smallest absolute Gasteiger partial charge is 0.416 e. The van der Waals surface area contributed by atoms with Gasteiger partial charge in [-0.1, -0.05) is 12.1 Å². The summed E-state index contributed by atoms with van der Waals surface area (Å²) in [6.07, 6.45) is -2.00. The monoisotopic (exact) mass is 386 g/mol. The van der Waals surface area contributed by atoms with Crippen LogP contribution in [0.25, 0.3) is 22.6 Å². The molecule has 0 unspecified atom stereocenters. The molecular weight excluding hydrogens is 369 g/mol. The zero-order chi connectivity index (χ0) is 19.9. The molecule has 0 bridgehead atoms. The van der Waals surface area contributed by atoms with Crippen molar-refractivity contribution in [2.75, 3.05) is 6.61 Å². The third kappa shape index (κ3) is 3.28. The third-order valence-corrected chi connectivity index (χ3v) is 4.68. The lowest BCUT2D eigenvalue weighted by atomic mass is 10.1. The van der Waals surface area contributed by atoms with Gasteiger partial charge in [-0.05, 0) is 60.9 Å². The first kappa shape index (κ1) is 18.3. The third-order valence-electron chi connectivity index (χ3n) is 4.68. The molecule has 0 spiro atoms. The van der Waals surface area contributed by atoms with Gasteiger partial charge in [-0.3, -0.25) is 9.36 Å². The topological polar surface area (TPSA) is 44.1 Å². The van der Waals surface area contributed by atoms with E-state index in [0.29, 0.717) is 25.4 Å². The van der Waals surface area contributed by atoms with Gasteiger partial charge in [-0.25, -0.2) is 4.98 Å². The van der Waals surface area contributed by atoms with Gasteiger partial charge < -0.3 is 4.74 Å². The quantitative estimate of drug-likeness (QED) is 0.652. The Morgan fingerprint density at radius 2 is 2.04 bits per heavy atom. The number of halogens is 3. The highest BCUT2D eigenvalue weighted by atomic mass is 19.4. The molecule has 1 aliphatic heterocycles. The number of ether oxygens (including phenoxy) is 1. The summed E-state index contributed by atoms with van der Waals surface area (Å²) in [5.41, 5.74) is 0.616. The number of allylic oxidation sites excluding steroid dienone is 1. The van der Waals surface area contributed by atoms with Crippen LogP contribution >= 0.6 is 0 Å². The summed E-state index contributed by atoms with van der Waals surface area (Å²) >= 11 is 0. The van der Waals surface area contributed by atoms with E-state index in [1.54, 1.807) is 0 Å². The fraction of sp³-hybridized carbons (Fsp3) is 0.238. The van der Waals surface area contributed by atoms with Gasteiger partial charge in [0, 0.05) is 6.54 Å². The molecule has 28 heavy (non-hydrogen) atoms. The molecule has 7 heteroatoms. The predicted molar refractivity (Wildman–Crippen MR) is 101 cm³/mol. The Morgan fingerprint density at radius 1 is 1.21 bits per heavy atom. The lowest BCUT2D eigenvalue weighted by Gasteiger charge is -2.09. The molecule has 0 saturated carbocycles. The van der Waals surface area contributed by atoms with E-state index in [0.717, 1.165) is 29.0 Å². The molecule has 0 fully saturated rings. The van der Waals surface area contributed by atoms with Crippen LogP contribution in [-0.4, -0.2) is 16.2 Å². The highest BCUT2D eigenvalue weighted by Crippen LogP contribution is 2.32. The molecule has 3 aromatic rings. The minimum atomic E-state index is -4.48. The molecule has 0 amide bonds. The normalized spacial score (nSPS) is 15.2. The van der Waals surface area contributed by atoms with Gasteiger partial charge in [-0.15, -0.1) is 0 Å². The van der Waals surface area contributed by atoms with Crippen LogP contribution < -0.4 is 10.3 Å². The zero-order valence-electron chi connectivity index (χ0n) is 15.1. The number of alkyl halides is 3. The van der Waals surface area contributed by atoms with Crippen LogP contribution in [0, 0.1) is 0 Å². The summed E-state index contributed by atoms with van der Waals surface area (Å²) in [5, 5.41) is 0.191. The van der Waals surface area contributed by atoms with Crippen LogP contribution in [0.15, 0.2) is 47.3 Å². The Morgan fingerprint density at radius 3 is 2.79 bits per heavy atom. The highest BCUT2D eigenvalue weighted by molar-refractivity contribution is 5.85. The number of rotatable bonds is 3. The molecule has 2 aromatic carbocycles. The second kappa shape index (κ2) is 6.82. The summed E-state index contributed by atoms with van der Waals surface area (Å²) < 4.78 is 46.1. The van der Waals surface area contributed by atoms with Crippen LogP contribution in [-0.2, 0) is 12.7 Å². The first-order valence-corrected chi connectivity index (χ1v) is 8.92. The first-order valence-electron chi connectivity index (χ1n) is 8.92. The van der Waals surface area contributed by atoms with Crippen LogP contribution in [0.4, 0.5) is 13.2 Å². The average molecular weight is 386 g/mol. The Labute approximate surface area is 158 Å². The van der Waals surface area contributed by atoms with Crippen LogP contribution in [0.2, 0.25) is 0 Å². The van der Waals surface area contributed by atoms with Gasteiger partial charge in [0.25, 0.3) is 5.56 Å². The van der Waals surface area contributed by atoms with E-state index >= 15 is 0 Å². The molecule has 0 radical (unpaired) electrons. The minimum absolute atomic E-state index is 0.0574. The molecule has 1 aliphatic rings. The predicted octanol–water partition coefficient (Wildman–Crippen LogP) is 4.76. The number of aromatic nitrogens is 2. The van der Waals surface area contributed by atoms with Crippen molar-refractivity contribution in [2.24, 2.45) is 0 Å². The zero-order valence-corrected chi connectivity index (χ0v) is 15.1. The largest absolute Gasteiger partial charge is 0.494 e. The van der Waals surface area contributed by atoms with Gasteiger partial charge >= 0.3 is 6.18 Å². The van der Waals surface area contributed by atoms with E-state index in [1.807, 2.05) is 37.3 Å². The van der Waals surface area contributed by atoms with Crippen LogP contribution in [0.3, 0.4) is 0 Å². The number of nitrogens with zero attached hydrogens (tertiary/aromatic N) is 2. The van der Waals surface area contributed by atoms with E-state index in [2.05, 4.69) is 4.98 Å². The standard InChI is InChI=1S/C21H17F3N2O2/c1-2-28-16-5-3-4-13(11-16)10-14-8-9-26-19(14)25-18-12-15(21(22,23)24)6-7-17(18)20(26)27/h3-7,10-12H,2,8-9H2,1H3. The van der Waals surface area contributed by atoms with Crippen molar-refractivity contribution in [3.63, 3.8) is 0 Å². The molecule has 2 heterocycles. The number of benzene rings is 2. The molecule has 0 atom stereocenters. The van der Waals surface area contributed by atoms with E-state index in [-0.39, 0.29) is 16.5 Å². The highest BCUT2D eigenvalue weighted by Gasteiger charge is 2.31. The number of hydrogen-bond acceptors (Lipinski definition) is 3. The molecular formula is C21H17F3N2O2. The van der Waals surface area contributed by atoms with E-state index in [4.69, 9.17) is 4.74 Å². The minimum Gasteiger partial charge on any atom is -0.494 e. The van der Waals surface area contributed by atoms with Crippen LogP contribution in [0.5, 0.6) is 5.75 Å². The van der Waals surface area contributed by atoms with Crippen molar-refractivity contribution in [1.82, 2.24) is 9.55 Å². The van der Waals surface area contributed by atoms with Gasteiger partial charge in [0.1, 0.15) is 11.6 Å². The van der Waals surface area contributed by atoms with Crippen molar-refractivity contribution in [3.8, 4) is 5.75 Å². The molecule has 4 rings (SSSR count). The van der Waals surface area contributed by atoms with Crippen molar-refractivity contribution in [3.05, 3.63) is 69.8 Å². The molecule has 1 aromatic heterocycles. The number of hydrogen-bond donors (Lipinski definition) is 0. The Kier molecular flexibility index (Phi) is 4.45. The molecule has 0 aliphatic carbocycles. The Hall–Kier alpha value is -3.09. The van der Waals surface area contributed by atoms with Crippen LogP contribution in [0.1, 0.15) is 30.3 Å². The lowest BCUT2D eigenvalue weighted by molar-refractivity contribution is -0.137. The van der Waals surface area contributed by atoms with Gasteiger partial charge in [0.15, 0.2) is 0 Å². The average Bonchev–Trinajstić information content (AvgIpc) is 3.04. The molecule has 4 nitrogen and oxygen atoms in total. The maximum absolute atomic E-state index is 13.0. The number of fused-ring (bicyclic) bond motifs is 2. The maximum atomic E-state index is 13.0. The SMILES string of the molecule is CCOc1cccc(C=C2CCn3c2nc2cc(C(F)(F)F)ccc2c3=O)c1. The van der Waals surface area contributed by atoms with Crippen molar-refractivity contribution >= 4 is 22.6 Å². The molecule has 144 valence electrons. The second-order valence-electron chi connectivity index (χ2n) is 6.55. The van der Waals surface area contributed by atoms with Gasteiger partial charge in [0.2, 0.25) is 0 Å². The second-order valence-corrected chi connectivity index (χ2v) is 6.55. The lowest BCUT2D eigenvalue weighted by Crippen LogP contribution is -2.21. The summed E-state index contributed by atoms with van der Waals surface area (Å²) in [6.45, 7) is 2.90. The van der Waals surface area contributed by atoms with E-state index in [1.165, 1.54) is 10.6 Å². The Bertz CT molecular complexity index is 1150. The summed E-state index contributed by atoms with van der Waals surface area (Å²) in [7, 11) is 0. The van der Waals surface area contributed by atoms with Gasteiger partial charge in [0.05, 0.1) is 23.1 Å². The fourth-order valence-electron chi connectivity index (χ4n) is 3.39. The molecule has 0 N–H and O–H groups in total. The fourth-order valence-corrected chi connectivity index (χ4v) is 3.39. The van der Waals surface area contributed by atoms with Gasteiger partial charge in [-0.2, -0.15) is 13.2 Å². The van der Waals surface area contributed by atoms with Crippen molar-refractivity contribution in [1.29, 1.82) is 0 Å². The Balaban J connectivity index is 1.82. The maximum Gasteiger partial charge on any atom is 0.416 e. The summed E-state index contributed by atoms with van der Waals surface area (Å²) in [5.74, 6) is 1.15. The first-order chi connectivity index (χ1) is 13.4. The van der Waals surface area contributed by atoms with E-state index in [9.17, 15) is 18.0 Å². The molecule has 0 saturated heterocycles. The summed E-state index contributed by atoms with van der Waals surface area (Å²) in [6, 6.07) is 10.5. The van der Waals surface area contributed by atoms with Crippen molar-refractivity contribution < 1.29 is 17.9 Å². The summed E-state index contributed by atoms with van der Waals surface area (Å²) in [4.78, 5) is 17.1. The van der Waals surface area contributed by atoms with Crippen molar-refractivity contribution in [2.45, 2.75) is 26.1 Å².